The van der Waals surface area contributed by atoms with Crippen molar-refractivity contribution in [3.63, 3.8) is 0 Å². The summed E-state index contributed by atoms with van der Waals surface area (Å²) < 4.78 is 11.1. The Morgan fingerprint density at radius 3 is 2.57 bits per heavy atom. The Bertz CT molecular complexity index is 422. The molecule has 2 atom stereocenters. The molecule has 1 aromatic carbocycles. The smallest absolute Gasteiger partial charge is 0.120 e. The van der Waals surface area contributed by atoms with Gasteiger partial charge in [-0.2, -0.15) is 0 Å². The van der Waals surface area contributed by atoms with E-state index >= 15 is 0 Å². The Hall–Kier alpha value is -1.10. The lowest BCUT2D eigenvalue weighted by Gasteiger charge is -2.33. The second-order valence-corrected chi connectivity index (χ2v) is 6.23. The van der Waals surface area contributed by atoms with Gasteiger partial charge in [0.25, 0.3) is 0 Å². The van der Waals surface area contributed by atoms with Crippen LogP contribution in [0.2, 0.25) is 0 Å². The maximum Gasteiger partial charge on any atom is 0.120 e. The Morgan fingerprint density at radius 1 is 1.29 bits per heavy atom. The average molecular weight is 295 g/mol. The van der Waals surface area contributed by atoms with Gasteiger partial charge in [0, 0.05) is 25.1 Å². The number of nitrogens with one attached hydrogen (secondary N) is 1. The van der Waals surface area contributed by atoms with Crippen LogP contribution in [-0.2, 0) is 11.3 Å². The van der Waals surface area contributed by atoms with Crippen LogP contribution in [-0.4, -0.2) is 36.5 Å². The summed E-state index contributed by atoms with van der Waals surface area (Å²) in [5, 5.41) is 13.0. The van der Waals surface area contributed by atoms with Gasteiger partial charge >= 0.3 is 0 Å². The van der Waals surface area contributed by atoms with Crippen LogP contribution in [0.15, 0.2) is 24.3 Å². The van der Waals surface area contributed by atoms with E-state index in [0.717, 1.165) is 17.7 Å². The van der Waals surface area contributed by atoms with Crippen LogP contribution < -0.4 is 10.1 Å². The minimum absolute atomic E-state index is 0.00574. The fourth-order valence-electron chi connectivity index (χ4n) is 2.65. The van der Waals surface area contributed by atoms with Crippen LogP contribution in [0, 0.1) is 0 Å². The minimum Gasteiger partial charge on any atom is -0.491 e. The Kier molecular flexibility index (Phi) is 7.15. The van der Waals surface area contributed by atoms with Gasteiger partial charge < -0.3 is 19.9 Å². The predicted octanol–water partition coefficient (Wildman–Crippen LogP) is 2.74. The van der Waals surface area contributed by atoms with Crippen LogP contribution >= 0.6 is 0 Å². The summed E-state index contributed by atoms with van der Waals surface area (Å²) in [4.78, 5) is 0. The van der Waals surface area contributed by atoms with E-state index in [1.54, 1.807) is 7.11 Å². The van der Waals surface area contributed by atoms with Crippen molar-refractivity contribution in [3.05, 3.63) is 29.8 Å². The van der Waals surface area contributed by atoms with Gasteiger partial charge in [-0.15, -0.1) is 0 Å². The highest BCUT2D eigenvalue weighted by molar-refractivity contribution is 5.28. The van der Waals surface area contributed by atoms with E-state index in [9.17, 15) is 5.11 Å². The van der Waals surface area contributed by atoms with Gasteiger partial charge in [0.05, 0.1) is 19.3 Å². The standard InChI is InChI=1S/C17H29NO3/c1-13(2)18-17(4,12-19)10-14(3)21-16-8-6-7-15(9-16)11-20-5/h6-9,13-14,18-19H,10-12H2,1-5H3. The van der Waals surface area contributed by atoms with E-state index in [4.69, 9.17) is 9.47 Å². The van der Waals surface area contributed by atoms with E-state index in [2.05, 4.69) is 19.2 Å². The molecule has 0 radical (unpaired) electrons. The fourth-order valence-corrected chi connectivity index (χ4v) is 2.65. The second-order valence-electron chi connectivity index (χ2n) is 6.23. The first-order valence-corrected chi connectivity index (χ1v) is 7.51. The van der Waals surface area contributed by atoms with E-state index in [0.29, 0.717) is 12.6 Å². The monoisotopic (exact) mass is 295 g/mol. The molecule has 0 heterocycles. The molecule has 4 nitrogen and oxygen atoms in total. The summed E-state index contributed by atoms with van der Waals surface area (Å²) in [6, 6.07) is 8.24. The molecule has 0 aliphatic rings. The molecule has 0 saturated heterocycles. The van der Waals surface area contributed by atoms with Crippen molar-refractivity contribution in [2.24, 2.45) is 0 Å². The van der Waals surface area contributed by atoms with Gasteiger partial charge in [-0.3, -0.25) is 0 Å². The Morgan fingerprint density at radius 2 is 2.00 bits per heavy atom. The van der Waals surface area contributed by atoms with Gasteiger partial charge in [-0.05, 0) is 31.5 Å². The topological polar surface area (TPSA) is 50.7 Å². The predicted molar refractivity (Wildman–Crippen MR) is 85.6 cm³/mol. The molecule has 1 rings (SSSR count). The first-order chi connectivity index (χ1) is 9.88. The number of ether oxygens (including phenoxy) is 2. The second kappa shape index (κ2) is 8.37. The van der Waals surface area contributed by atoms with Gasteiger partial charge in [0.2, 0.25) is 0 Å². The van der Waals surface area contributed by atoms with Crippen molar-refractivity contribution in [1.82, 2.24) is 5.32 Å². The first-order valence-electron chi connectivity index (χ1n) is 7.51. The van der Waals surface area contributed by atoms with Gasteiger partial charge in [-0.1, -0.05) is 26.0 Å². The van der Waals surface area contributed by atoms with Crippen molar-refractivity contribution in [3.8, 4) is 5.75 Å². The molecular formula is C17H29NO3. The SMILES string of the molecule is COCc1cccc(OC(C)CC(C)(CO)NC(C)C)c1. The van der Waals surface area contributed by atoms with E-state index in [1.807, 2.05) is 38.1 Å². The zero-order chi connectivity index (χ0) is 15.9. The highest BCUT2D eigenvalue weighted by Crippen LogP contribution is 2.20. The van der Waals surface area contributed by atoms with E-state index < -0.39 is 0 Å². The molecular weight excluding hydrogens is 266 g/mol. The van der Waals surface area contributed by atoms with E-state index in [1.165, 1.54) is 0 Å². The Balaban J connectivity index is 2.63. The molecule has 0 aromatic heterocycles. The number of rotatable bonds is 9. The zero-order valence-corrected chi connectivity index (χ0v) is 13.8. The third kappa shape index (κ3) is 6.46. The number of benzene rings is 1. The molecule has 4 heteroatoms. The van der Waals surface area contributed by atoms with Crippen molar-refractivity contribution < 1.29 is 14.6 Å². The molecule has 0 spiro atoms. The summed E-state index contributed by atoms with van der Waals surface area (Å²) in [5.74, 6) is 0.835. The molecule has 21 heavy (non-hydrogen) atoms. The van der Waals surface area contributed by atoms with E-state index in [-0.39, 0.29) is 18.2 Å². The molecule has 1 aromatic rings. The maximum atomic E-state index is 9.63. The summed E-state index contributed by atoms with van der Waals surface area (Å²) in [5.41, 5.74) is 0.755. The van der Waals surface area contributed by atoms with Crippen LogP contribution in [0.1, 0.15) is 39.7 Å². The van der Waals surface area contributed by atoms with Crippen molar-refractivity contribution >= 4 is 0 Å². The van der Waals surface area contributed by atoms with Crippen LogP contribution in [0.4, 0.5) is 0 Å². The molecule has 120 valence electrons. The fraction of sp³-hybridized carbons (Fsp3) is 0.647. The van der Waals surface area contributed by atoms with Crippen molar-refractivity contribution in [2.45, 2.75) is 58.4 Å². The lowest BCUT2D eigenvalue weighted by atomic mass is 9.94. The third-order valence-electron chi connectivity index (χ3n) is 3.27. The number of aliphatic hydroxyl groups is 1. The summed E-state index contributed by atoms with van der Waals surface area (Å²) in [6.45, 7) is 8.87. The third-order valence-corrected chi connectivity index (χ3v) is 3.27. The van der Waals surface area contributed by atoms with Crippen molar-refractivity contribution in [1.29, 1.82) is 0 Å². The molecule has 0 aliphatic heterocycles. The first kappa shape index (κ1) is 18.0. The van der Waals surface area contributed by atoms with Crippen LogP contribution in [0.25, 0.3) is 0 Å². The van der Waals surface area contributed by atoms with Gasteiger partial charge in [0.1, 0.15) is 5.75 Å². The van der Waals surface area contributed by atoms with Gasteiger partial charge in [0.15, 0.2) is 0 Å². The number of hydrogen-bond acceptors (Lipinski definition) is 4. The minimum atomic E-state index is -0.336. The molecule has 0 aliphatic carbocycles. The summed E-state index contributed by atoms with van der Waals surface area (Å²) in [7, 11) is 1.68. The molecule has 0 bridgehead atoms. The highest BCUT2D eigenvalue weighted by Gasteiger charge is 2.27. The van der Waals surface area contributed by atoms with Crippen LogP contribution in [0.3, 0.4) is 0 Å². The highest BCUT2D eigenvalue weighted by atomic mass is 16.5. The molecule has 2 unspecified atom stereocenters. The maximum absolute atomic E-state index is 9.63. The zero-order valence-electron chi connectivity index (χ0n) is 13.8. The number of aliphatic hydroxyl groups excluding tert-OH is 1. The van der Waals surface area contributed by atoms with Crippen molar-refractivity contribution in [2.75, 3.05) is 13.7 Å². The lowest BCUT2D eigenvalue weighted by Crippen LogP contribution is -2.51. The normalized spacial score (nSPS) is 15.8. The summed E-state index contributed by atoms with van der Waals surface area (Å²) >= 11 is 0. The molecule has 2 N–H and O–H groups in total. The largest absolute Gasteiger partial charge is 0.491 e. The van der Waals surface area contributed by atoms with Crippen LogP contribution in [0.5, 0.6) is 5.75 Å². The number of hydrogen-bond donors (Lipinski definition) is 2. The Labute approximate surface area is 128 Å². The number of methoxy groups -OCH3 is 1. The van der Waals surface area contributed by atoms with Gasteiger partial charge in [-0.25, -0.2) is 0 Å². The molecule has 0 fully saturated rings. The molecule has 0 amide bonds. The molecule has 0 saturated carbocycles. The quantitative estimate of drug-likeness (QED) is 0.735. The lowest BCUT2D eigenvalue weighted by molar-refractivity contribution is 0.104. The average Bonchev–Trinajstić information content (AvgIpc) is 2.38. The summed E-state index contributed by atoms with van der Waals surface area (Å²) in [6.07, 6.45) is 0.738.